The molecule has 1 aromatic heterocycles. The van der Waals surface area contributed by atoms with Crippen LogP contribution in [0.25, 0.3) is 10.9 Å². The van der Waals surface area contributed by atoms with Gasteiger partial charge in [-0.1, -0.05) is 35.9 Å². The normalized spacial score (nSPS) is 14.5. The molecule has 0 radical (unpaired) electrons. The lowest BCUT2D eigenvalue weighted by molar-refractivity contribution is 0.208. The molecule has 2 amide bonds. The van der Waals surface area contributed by atoms with Gasteiger partial charge in [0.05, 0.1) is 11.2 Å². The second kappa shape index (κ2) is 7.22. The van der Waals surface area contributed by atoms with Crippen molar-refractivity contribution in [3.8, 4) is 0 Å². The summed E-state index contributed by atoms with van der Waals surface area (Å²) in [7, 11) is 0. The third-order valence-electron chi connectivity index (χ3n) is 4.59. The van der Waals surface area contributed by atoms with Crippen LogP contribution in [0.2, 0.25) is 5.02 Å². The van der Waals surface area contributed by atoms with E-state index in [-0.39, 0.29) is 6.03 Å². The van der Waals surface area contributed by atoms with Crippen LogP contribution in [0.3, 0.4) is 0 Å². The van der Waals surface area contributed by atoms with Gasteiger partial charge in [-0.2, -0.15) is 0 Å². The zero-order valence-electron chi connectivity index (χ0n) is 14.2. The fourth-order valence-corrected chi connectivity index (χ4v) is 3.45. The summed E-state index contributed by atoms with van der Waals surface area (Å²) in [5, 5.41) is 4.65. The quantitative estimate of drug-likeness (QED) is 0.737. The Kier molecular flexibility index (Phi) is 4.63. The molecule has 0 aliphatic carbocycles. The van der Waals surface area contributed by atoms with Crippen LogP contribution in [0.15, 0.2) is 60.8 Å². The van der Waals surface area contributed by atoms with Crippen molar-refractivity contribution in [3.05, 3.63) is 65.8 Å². The van der Waals surface area contributed by atoms with Crippen molar-refractivity contribution in [3.63, 3.8) is 0 Å². The van der Waals surface area contributed by atoms with E-state index in [1.54, 1.807) is 12.1 Å². The smallest absolute Gasteiger partial charge is 0.321 e. The van der Waals surface area contributed by atoms with E-state index in [2.05, 4.69) is 39.5 Å². The SMILES string of the molecule is O=C(Nc1cccc(Cl)c1)N1CCN(c2cccc3cccnc23)CC1. The van der Waals surface area contributed by atoms with E-state index in [9.17, 15) is 4.79 Å². The third kappa shape index (κ3) is 3.44. The summed E-state index contributed by atoms with van der Waals surface area (Å²) < 4.78 is 0. The van der Waals surface area contributed by atoms with Crippen molar-refractivity contribution >= 4 is 39.9 Å². The molecule has 132 valence electrons. The first-order valence-electron chi connectivity index (χ1n) is 8.61. The summed E-state index contributed by atoms with van der Waals surface area (Å²) in [6.45, 7) is 2.88. The van der Waals surface area contributed by atoms with Gasteiger partial charge in [-0.25, -0.2) is 4.79 Å². The Bertz CT molecular complexity index is 933. The minimum atomic E-state index is -0.0945. The number of pyridine rings is 1. The molecule has 1 aliphatic rings. The van der Waals surface area contributed by atoms with Crippen LogP contribution in [0, 0.1) is 0 Å². The Balaban J connectivity index is 1.43. The van der Waals surface area contributed by atoms with E-state index in [0.29, 0.717) is 23.8 Å². The first-order chi connectivity index (χ1) is 12.7. The van der Waals surface area contributed by atoms with Crippen molar-refractivity contribution in [2.75, 3.05) is 36.4 Å². The highest BCUT2D eigenvalue weighted by Gasteiger charge is 2.22. The van der Waals surface area contributed by atoms with Gasteiger partial charge in [0.2, 0.25) is 0 Å². The lowest BCUT2D eigenvalue weighted by atomic mass is 10.1. The zero-order valence-corrected chi connectivity index (χ0v) is 15.0. The number of rotatable bonds is 2. The van der Waals surface area contributed by atoms with E-state index in [1.165, 1.54) is 0 Å². The average molecular weight is 367 g/mol. The molecule has 1 aliphatic heterocycles. The fraction of sp³-hybridized carbons (Fsp3) is 0.200. The highest BCUT2D eigenvalue weighted by molar-refractivity contribution is 6.30. The number of anilines is 2. The van der Waals surface area contributed by atoms with Crippen molar-refractivity contribution in [2.45, 2.75) is 0 Å². The molecule has 1 fully saturated rings. The van der Waals surface area contributed by atoms with Crippen LogP contribution in [0.4, 0.5) is 16.2 Å². The number of fused-ring (bicyclic) bond motifs is 1. The molecule has 4 rings (SSSR count). The van der Waals surface area contributed by atoms with Crippen LogP contribution in [-0.4, -0.2) is 42.1 Å². The number of benzene rings is 2. The minimum absolute atomic E-state index is 0.0945. The summed E-state index contributed by atoms with van der Waals surface area (Å²) in [6, 6.07) is 17.3. The molecule has 0 unspecified atom stereocenters. The number of nitrogens with zero attached hydrogens (tertiary/aromatic N) is 3. The predicted octanol–water partition coefficient (Wildman–Crippen LogP) is 4.24. The van der Waals surface area contributed by atoms with Crippen molar-refractivity contribution < 1.29 is 4.79 Å². The molecule has 0 atom stereocenters. The van der Waals surface area contributed by atoms with Gasteiger partial charge < -0.3 is 15.1 Å². The number of hydrogen-bond donors (Lipinski definition) is 1. The largest absolute Gasteiger partial charge is 0.366 e. The molecule has 2 heterocycles. The highest BCUT2D eigenvalue weighted by Crippen LogP contribution is 2.25. The molecular formula is C20H19ClN4O. The Hall–Kier alpha value is -2.79. The Morgan fingerprint density at radius 2 is 1.77 bits per heavy atom. The number of piperazine rings is 1. The number of halogens is 1. The molecule has 0 spiro atoms. The first kappa shape index (κ1) is 16.7. The molecule has 2 aromatic carbocycles. The van der Waals surface area contributed by atoms with Crippen LogP contribution >= 0.6 is 11.6 Å². The number of aromatic nitrogens is 1. The first-order valence-corrected chi connectivity index (χ1v) is 8.99. The second-order valence-corrected chi connectivity index (χ2v) is 6.70. The maximum Gasteiger partial charge on any atom is 0.321 e. The second-order valence-electron chi connectivity index (χ2n) is 6.27. The minimum Gasteiger partial charge on any atom is -0.366 e. The molecular weight excluding hydrogens is 348 g/mol. The molecule has 3 aromatic rings. The summed E-state index contributed by atoms with van der Waals surface area (Å²) in [5.41, 5.74) is 2.84. The van der Waals surface area contributed by atoms with Crippen LogP contribution in [-0.2, 0) is 0 Å². The van der Waals surface area contributed by atoms with E-state index >= 15 is 0 Å². The van der Waals surface area contributed by atoms with E-state index in [0.717, 1.165) is 29.7 Å². The molecule has 1 N–H and O–H groups in total. The third-order valence-corrected chi connectivity index (χ3v) is 4.83. The maximum absolute atomic E-state index is 12.5. The van der Waals surface area contributed by atoms with Crippen LogP contribution in [0.1, 0.15) is 0 Å². The van der Waals surface area contributed by atoms with E-state index in [4.69, 9.17) is 11.6 Å². The van der Waals surface area contributed by atoms with Crippen molar-refractivity contribution in [1.29, 1.82) is 0 Å². The number of carbonyl (C=O) groups is 1. The standard InChI is InChI=1S/C20H19ClN4O/c21-16-6-2-7-17(14-16)23-20(26)25-12-10-24(11-13-25)18-8-1-4-15-5-3-9-22-19(15)18/h1-9,14H,10-13H2,(H,23,26). The van der Waals surface area contributed by atoms with Gasteiger partial charge in [0, 0.05) is 48.5 Å². The molecule has 1 saturated heterocycles. The van der Waals surface area contributed by atoms with Gasteiger partial charge >= 0.3 is 6.03 Å². The number of carbonyl (C=O) groups excluding carboxylic acids is 1. The van der Waals surface area contributed by atoms with Gasteiger partial charge in [0.1, 0.15) is 0 Å². The molecule has 5 nitrogen and oxygen atoms in total. The van der Waals surface area contributed by atoms with Crippen molar-refractivity contribution in [2.24, 2.45) is 0 Å². The Morgan fingerprint density at radius 1 is 1.00 bits per heavy atom. The van der Waals surface area contributed by atoms with Gasteiger partial charge in [0.15, 0.2) is 0 Å². The monoisotopic (exact) mass is 366 g/mol. The Labute approximate surface area is 157 Å². The average Bonchev–Trinajstić information content (AvgIpc) is 2.68. The number of hydrogen-bond acceptors (Lipinski definition) is 3. The van der Waals surface area contributed by atoms with E-state index < -0.39 is 0 Å². The van der Waals surface area contributed by atoms with Crippen LogP contribution in [0.5, 0.6) is 0 Å². The summed E-state index contributed by atoms with van der Waals surface area (Å²) in [4.78, 5) is 21.1. The van der Waals surface area contributed by atoms with Gasteiger partial charge in [-0.3, -0.25) is 4.98 Å². The lowest BCUT2D eigenvalue weighted by Crippen LogP contribution is -2.50. The lowest BCUT2D eigenvalue weighted by Gasteiger charge is -2.36. The fourth-order valence-electron chi connectivity index (χ4n) is 3.26. The van der Waals surface area contributed by atoms with Gasteiger partial charge in [0.25, 0.3) is 0 Å². The number of nitrogens with one attached hydrogen (secondary N) is 1. The predicted molar refractivity (Wildman–Crippen MR) is 106 cm³/mol. The molecule has 26 heavy (non-hydrogen) atoms. The van der Waals surface area contributed by atoms with Gasteiger partial charge in [-0.05, 0) is 30.3 Å². The van der Waals surface area contributed by atoms with E-state index in [1.807, 2.05) is 29.3 Å². The molecule has 0 bridgehead atoms. The summed E-state index contributed by atoms with van der Waals surface area (Å²) in [6.07, 6.45) is 1.82. The number of amides is 2. The van der Waals surface area contributed by atoms with Gasteiger partial charge in [-0.15, -0.1) is 0 Å². The summed E-state index contributed by atoms with van der Waals surface area (Å²) >= 11 is 5.97. The zero-order chi connectivity index (χ0) is 17.9. The maximum atomic E-state index is 12.5. The van der Waals surface area contributed by atoms with Crippen LogP contribution < -0.4 is 10.2 Å². The topological polar surface area (TPSA) is 48.5 Å². The highest BCUT2D eigenvalue weighted by atomic mass is 35.5. The van der Waals surface area contributed by atoms with Crippen molar-refractivity contribution in [1.82, 2.24) is 9.88 Å². The number of urea groups is 1. The summed E-state index contributed by atoms with van der Waals surface area (Å²) in [5.74, 6) is 0. The molecule has 0 saturated carbocycles. The molecule has 6 heteroatoms. The Morgan fingerprint density at radius 3 is 2.58 bits per heavy atom. The number of para-hydroxylation sites is 1.